The number of morpholine rings is 1. The van der Waals surface area contributed by atoms with Gasteiger partial charge in [-0.05, 0) is 32.1 Å². The second kappa shape index (κ2) is 12.5. The summed E-state index contributed by atoms with van der Waals surface area (Å²) >= 11 is 0. The molecule has 0 saturated carbocycles. The van der Waals surface area contributed by atoms with E-state index in [4.69, 9.17) is 9.47 Å². The van der Waals surface area contributed by atoms with Gasteiger partial charge in [-0.25, -0.2) is 0 Å². The minimum absolute atomic E-state index is 0.0141. The number of unbranched alkanes of at least 4 members (excludes halogenated alkanes) is 1. The predicted molar refractivity (Wildman–Crippen MR) is 147 cm³/mol. The molecule has 0 aromatic rings. The second-order valence-corrected chi connectivity index (χ2v) is 11.3. The molecule has 10 heteroatoms. The van der Waals surface area contributed by atoms with Crippen LogP contribution >= 0.6 is 0 Å². The van der Waals surface area contributed by atoms with Gasteiger partial charge in [0, 0.05) is 59.5 Å². The second-order valence-electron chi connectivity index (χ2n) is 11.3. The van der Waals surface area contributed by atoms with Gasteiger partial charge in [-0.15, -0.1) is 13.2 Å². The Labute approximate surface area is 232 Å². The molecule has 1 spiro atoms. The van der Waals surface area contributed by atoms with Crippen LogP contribution in [0.1, 0.15) is 39.0 Å². The lowest BCUT2D eigenvalue weighted by atomic mass is 9.64. The number of likely N-dealkylation sites (N-methyl/N-ethyl adjacent to an activating group) is 1. The number of carbonyl (C=O) groups is 3. The molecule has 4 aliphatic heterocycles. The van der Waals surface area contributed by atoms with Crippen molar-refractivity contribution in [2.75, 3.05) is 72.7 Å². The number of hydrogen-bond donors (Lipinski definition) is 1. The number of aliphatic hydroxyl groups excluding tert-OH is 1. The van der Waals surface area contributed by atoms with Crippen molar-refractivity contribution in [1.29, 1.82) is 0 Å². The number of rotatable bonds is 14. The summed E-state index contributed by atoms with van der Waals surface area (Å²) in [7, 11) is 1.73. The Hall–Kier alpha value is -2.27. The summed E-state index contributed by atoms with van der Waals surface area (Å²) in [5.74, 6) is -1.82. The number of hydrogen-bond acceptors (Lipinski definition) is 7. The Morgan fingerprint density at radius 1 is 1.10 bits per heavy atom. The minimum Gasteiger partial charge on any atom is -0.396 e. The maximum absolute atomic E-state index is 14.4. The van der Waals surface area contributed by atoms with E-state index in [1.54, 1.807) is 33.9 Å². The molecule has 4 rings (SSSR count). The first kappa shape index (κ1) is 29.7. The Bertz CT molecular complexity index is 939. The van der Waals surface area contributed by atoms with Crippen molar-refractivity contribution in [2.24, 2.45) is 11.8 Å². The quantitative estimate of drug-likeness (QED) is 0.255. The molecule has 0 radical (unpaired) electrons. The molecule has 3 amide bonds. The van der Waals surface area contributed by atoms with Crippen molar-refractivity contribution in [3.63, 3.8) is 0 Å². The van der Waals surface area contributed by atoms with Crippen LogP contribution in [0.15, 0.2) is 25.3 Å². The SMILES string of the molecule is C=CCN(C)C(=O)[C@H]1[C@H]2C(=O)N(CCCCO)C(C(=O)N(CC=C)CCN3CCOCC3)C23CC[C@]1(CC)O3. The van der Waals surface area contributed by atoms with Gasteiger partial charge in [-0.2, -0.15) is 0 Å². The lowest BCUT2D eigenvalue weighted by Gasteiger charge is -2.37. The molecule has 4 heterocycles. The molecule has 39 heavy (non-hydrogen) atoms. The third kappa shape index (κ3) is 5.28. The van der Waals surface area contributed by atoms with Gasteiger partial charge >= 0.3 is 0 Å². The first-order valence-corrected chi connectivity index (χ1v) is 14.5. The zero-order valence-electron chi connectivity index (χ0n) is 23.7. The van der Waals surface area contributed by atoms with E-state index in [0.29, 0.717) is 78.0 Å². The summed E-state index contributed by atoms with van der Waals surface area (Å²) in [5, 5.41) is 9.40. The highest BCUT2D eigenvalue weighted by atomic mass is 16.5. The number of fused-ring (bicyclic) bond motifs is 1. The fourth-order valence-corrected chi connectivity index (χ4v) is 7.24. The Morgan fingerprint density at radius 3 is 2.46 bits per heavy atom. The van der Waals surface area contributed by atoms with E-state index in [1.165, 1.54) is 0 Å². The molecule has 5 atom stereocenters. The maximum atomic E-state index is 14.4. The van der Waals surface area contributed by atoms with Crippen molar-refractivity contribution in [2.45, 2.75) is 56.3 Å². The van der Waals surface area contributed by atoms with Gasteiger partial charge in [-0.3, -0.25) is 19.3 Å². The molecule has 0 aliphatic carbocycles. The largest absolute Gasteiger partial charge is 0.396 e. The van der Waals surface area contributed by atoms with Gasteiger partial charge in [0.05, 0.1) is 30.7 Å². The summed E-state index contributed by atoms with van der Waals surface area (Å²) in [6, 6.07) is -0.811. The van der Waals surface area contributed by atoms with Crippen molar-refractivity contribution < 1.29 is 29.0 Å². The molecule has 4 aliphatic rings. The van der Waals surface area contributed by atoms with Crippen LogP contribution < -0.4 is 0 Å². The number of ether oxygens (including phenoxy) is 2. The minimum atomic E-state index is -1.04. The van der Waals surface area contributed by atoms with Crippen molar-refractivity contribution in [1.82, 2.24) is 19.6 Å². The van der Waals surface area contributed by atoms with Gasteiger partial charge in [0.1, 0.15) is 11.6 Å². The van der Waals surface area contributed by atoms with E-state index in [9.17, 15) is 19.5 Å². The molecule has 10 nitrogen and oxygen atoms in total. The molecule has 0 aromatic carbocycles. The zero-order valence-corrected chi connectivity index (χ0v) is 23.7. The van der Waals surface area contributed by atoms with E-state index in [1.807, 2.05) is 6.92 Å². The lowest BCUT2D eigenvalue weighted by molar-refractivity contribution is -0.154. The number of amides is 3. The van der Waals surface area contributed by atoms with Crippen molar-refractivity contribution in [3.05, 3.63) is 25.3 Å². The summed E-state index contributed by atoms with van der Waals surface area (Å²) in [6.45, 7) is 14.9. The molecular weight excluding hydrogens is 500 g/mol. The van der Waals surface area contributed by atoms with Crippen LogP contribution in [0, 0.1) is 11.8 Å². The van der Waals surface area contributed by atoms with E-state index in [0.717, 1.165) is 13.1 Å². The fraction of sp³-hybridized carbons (Fsp3) is 0.759. The molecule has 218 valence electrons. The van der Waals surface area contributed by atoms with Gasteiger partial charge in [0.25, 0.3) is 0 Å². The average Bonchev–Trinajstić information content (AvgIpc) is 3.55. The summed E-state index contributed by atoms with van der Waals surface area (Å²) in [6.07, 6.45) is 6.27. The molecule has 4 fully saturated rings. The van der Waals surface area contributed by atoms with E-state index in [-0.39, 0.29) is 24.3 Å². The van der Waals surface area contributed by atoms with Crippen LogP contribution in [0.25, 0.3) is 0 Å². The molecule has 0 aromatic heterocycles. The highest BCUT2D eigenvalue weighted by molar-refractivity contribution is 5.99. The van der Waals surface area contributed by atoms with Gasteiger partial charge in [0.2, 0.25) is 17.7 Å². The third-order valence-electron chi connectivity index (χ3n) is 9.22. The van der Waals surface area contributed by atoms with Crippen LogP contribution in [0.4, 0.5) is 0 Å². The van der Waals surface area contributed by atoms with Crippen LogP contribution in [0.2, 0.25) is 0 Å². The highest BCUT2D eigenvalue weighted by Gasteiger charge is 2.78. The molecule has 1 N–H and O–H groups in total. The van der Waals surface area contributed by atoms with E-state index >= 15 is 0 Å². The maximum Gasteiger partial charge on any atom is 0.248 e. The Kier molecular flexibility index (Phi) is 9.52. The first-order chi connectivity index (χ1) is 18.8. The molecule has 4 saturated heterocycles. The van der Waals surface area contributed by atoms with Crippen LogP contribution in [0.5, 0.6) is 0 Å². The summed E-state index contributed by atoms with van der Waals surface area (Å²) in [4.78, 5) is 49.8. The van der Waals surface area contributed by atoms with E-state index in [2.05, 4.69) is 18.1 Å². The predicted octanol–water partition coefficient (Wildman–Crippen LogP) is 0.905. The molecule has 2 bridgehead atoms. The number of carbonyl (C=O) groups excluding carboxylic acids is 3. The number of likely N-dealkylation sites (tertiary alicyclic amines) is 1. The number of nitrogens with zero attached hydrogens (tertiary/aromatic N) is 4. The molecule has 2 unspecified atom stereocenters. The van der Waals surface area contributed by atoms with Crippen LogP contribution in [-0.2, 0) is 23.9 Å². The van der Waals surface area contributed by atoms with Gasteiger partial charge < -0.3 is 29.3 Å². The van der Waals surface area contributed by atoms with Gasteiger partial charge in [0.15, 0.2) is 0 Å². The molecular formula is C29H46N4O6. The van der Waals surface area contributed by atoms with Crippen molar-refractivity contribution >= 4 is 17.7 Å². The first-order valence-electron chi connectivity index (χ1n) is 14.5. The summed E-state index contributed by atoms with van der Waals surface area (Å²) < 4.78 is 12.3. The monoisotopic (exact) mass is 546 g/mol. The van der Waals surface area contributed by atoms with Crippen LogP contribution in [0.3, 0.4) is 0 Å². The topological polar surface area (TPSA) is 103 Å². The Morgan fingerprint density at radius 2 is 1.82 bits per heavy atom. The average molecular weight is 547 g/mol. The van der Waals surface area contributed by atoms with Crippen molar-refractivity contribution in [3.8, 4) is 0 Å². The van der Waals surface area contributed by atoms with Crippen LogP contribution in [-0.4, -0.2) is 132 Å². The zero-order chi connectivity index (χ0) is 28.2. The highest BCUT2D eigenvalue weighted by Crippen LogP contribution is 2.64. The Balaban J connectivity index is 1.68. The van der Waals surface area contributed by atoms with Gasteiger partial charge in [-0.1, -0.05) is 19.1 Å². The smallest absolute Gasteiger partial charge is 0.248 e. The summed E-state index contributed by atoms with van der Waals surface area (Å²) in [5.41, 5.74) is -1.81. The third-order valence-corrected chi connectivity index (χ3v) is 9.22. The normalized spacial score (nSPS) is 31.8. The van der Waals surface area contributed by atoms with E-state index < -0.39 is 29.1 Å². The fourth-order valence-electron chi connectivity index (χ4n) is 7.24. The lowest BCUT2D eigenvalue weighted by Crippen LogP contribution is -2.57. The standard InChI is InChI=1S/C29H46N4O6/c1-5-12-30(4)25(35)22-23-26(36)33(14-8-9-19-34)24(29(23)11-10-28(22,7-3)39-29)27(37)32(13-6-2)16-15-31-17-20-38-21-18-31/h5-6,22-24,34H,1-2,7-21H2,3-4H3/t22-,23+,24?,28+,29?/m1/s1. The number of aliphatic hydroxyl groups is 1.